The van der Waals surface area contributed by atoms with Crippen LogP contribution >= 0.6 is 0 Å². The maximum Gasteiger partial charge on any atom is 0.248 e. The molecule has 0 aliphatic heterocycles. The minimum absolute atomic E-state index is 0.174. The maximum absolute atomic E-state index is 12.2. The number of carbonyl (C=O) groups excluding carboxylic acids is 1. The number of aliphatic hydroxyl groups excluding tert-OH is 1. The highest BCUT2D eigenvalue weighted by Crippen LogP contribution is 2.16. The summed E-state index contributed by atoms with van der Waals surface area (Å²) in [5, 5.41) is 15.6. The first-order valence-corrected chi connectivity index (χ1v) is 6.21. The van der Waals surface area contributed by atoms with E-state index < -0.39 is 6.04 Å². The molecular formula is C15H15N3O2. The zero-order valence-corrected chi connectivity index (χ0v) is 11.1. The van der Waals surface area contributed by atoms with Crippen molar-refractivity contribution in [1.82, 2.24) is 9.78 Å². The van der Waals surface area contributed by atoms with Crippen molar-refractivity contribution in [2.75, 3.05) is 11.9 Å². The Hall–Kier alpha value is -2.58. The predicted molar refractivity (Wildman–Crippen MR) is 76.0 cm³/mol. The molecule has 1 heterocycles. The fraction of sp³-hybridized carbons (Fsp3) is 0.200. The largest absolute Gasteiger partial charge is 0.384 e. The lowest BCUT2D eigenvalue weighted by Gasteiger charge is -2.13. The summed E-state index contributed by atoms with van der Waals surface area (Å²) >= 11 is 0. The van der Waals surface area contributed by atoms with Crippen molar-refractivity contribution in [2.24, 2.45) is 0 Å². The topological polar surface area (TPSA) is 67.2 Å². The lowest BCUT2D eigenvalue weighted by atomic mass is 10.1. The van der Waals surface area contributed by atoms with Crippen molar-refractivity contribution >= 4 is 11.6 Å². The highest BCUT2D eigenvalue weighted by molar-refractivity contribution is 5.94. The fourth-order valence-corrected chi connectivity index (χ4v) is 1.70. The van der Waals surface area contributed by atoms with Crippen LogP contribution in [0.2, 0.25) is 0 Å². The molecule has 0 radical (unpaired) electrons. The number of para-hydroxylation sites is 1. The molecule has 2 aromatic rings. The summed E-state index contributed by atoms with van der Waals surface area (Å²) in [4.78, 5) is 12.2. The summed E-state index contributed by atoms with van der Waals surface area (Å²) < 4.78 is 1.58. The smallest absolute Gasteiger partial charge is 0.248 e. The Morgan fingerprint density at radius 2 is 2.25 bits per heavy atom. The molecule has 1 aromatic carbocycles. The third-order valence-corrected chi connectivity index (χ3v) is 2.79. The van der Waals surface area contributed by atoms with Crippen molar-refractivity contribution in [3.05, 3.63) is 48.3 Å². The Morgan fingerprint density at radius 3 is 2.95 bits per heavy atom. The summed E-state index contributed by atoms with van der Waals surface area (Å²) in [6.45, 7) is 1.55. The Kier molecular flexibility index (Phi) is 4.53. The molecule has 1 unspecified atom stereocenters. The Bertz CT molecular complexity index is 639. The van der Waals surface area contributed by atoms with E-state index in [9.17, 15) is 4.79 Å². The van der Waals surface area contributed by atoms with Crippen LogP contribution in [-0.2, 0) is 4.79 Å². The Balaban J connectivity index is 2.16. The first-order valence-electron chi connectivity index (χ1n) is 6.21. The molecule has 0 bridgehead atoms. The van der Waals surface area contributed by atoms with Crippen molar-refractivity contribution < 1.29 is 9.90 Å². The number of anilines is 1. The monoisotopic (exact) mass is 269 g/mol. The second-order valence-corrected chi connectivity index (χ2v) is 4.16. The van der Waals surface area contributed by atoms with Gasteiger partial charge in [-0.1, -0.05) is 24.0 Å². The highest BCUT2D eigenvalue weighted by Gasteiger charge is 2.15. The molecule has 0 aliphatic rings. The van der Waals surface area contributed by atoms with E-state index in [1.807, 2.05) is 12.1 Å². The van der Waals surface area contributed by atoms with Gasteiger partial charge in [0.2, 0.25) is 5.91 Å². The number of nitrogens with zero attached hydrogens (tertiary/aromatic N) is 2. The van der Waals surface area contributed by atoms with Gasteiger partial charge in [0.1, 0.15) is 12.6 Å². The number of hydrogen-bond acceptors (Lipinski definition) is 3. The van der Waals surface area contributed by atoms with Crippen LogP contribution < -0.4 is 5.32 Å². The first kappa shape index (κ1) is 13.8. The van der Waals surface area contributed by atoms with Crippen molar-refractivity contribution in [2.45, 2.75) is 13.0 Å². The van der Waals surface area contributed by atoms with E-state index in [0.29, 0.717) is 11.3 Å². The van der Waals surface area contributed by atoms with Gasteiger partial charge in [0.05, 0.1) is 5.69 Å². The van der Waals surface area contributed by atoms with Crippen molar-refractivity contribution in [3.8, 4) is 11.8 Å². The van der Waals surface area contributed by atoms with E-state index in [1.165, 1.54) is 0 Å². The number of benzene rings is 1. The minimum atomic E-state index is -0.413. The van der Waals surface area contributed by atoms with E-state index in [1.54, 1.807) is 42.2 Å². The normalized spacial score (nSPS) is 11.3. The van der Waals surface area contributed by atoms with Gasteiger partial charge < -0.3 is 10.4 Å². The molecule has 1 atom stereocenters. The van der Waals surface area contributed by atoms with E-state index in [4.69, 9.17) is 5.11 Å². The van der Waals surface area contributed by atoms with Crippen LogP contribution in [0.25, 0.3) is 0 Å². The van der Waals surface area contributed by atoms with Crippen LogP contribution in [0.4, 0.5) is 5.69 Å². The van der Waals surface area contributed by atoms with Crippen LogP contribution in [-0.4, -0.2) is 27.4 Å². The quantitative estimate of drug-likeness (QED) is 0.828. The average molecular weight is 269 g/mol. The average Bonchev–Trinajstić information content (AvgIpc) is 2.99. The van der Waals surface area contributed by atoms with Gasteiger partial charge >= 0.3 is 0 Å². The molecule has 1 aromatic heterocycles. The molecule has 0 fully saturated rings. The summed E-state index contributed by atoms with van der Waals surface area (Å²) in [5.74, 6) is 5.20. The third-order valence-electron chi connectivity index (χ3n) is 2.79. The molecular weight excluding hydrogens is 254 g/mol. The standard InChI is InChI=1S/C15H15N3O2/c1-12(18-10-5-9-16-18)15(20)17-14-8-3-2-6-13(14)7-4-11-19/h2-3,5-6,8-10,12,19H,11H2,1H3,(H,17,20). The summed E-state index contributed by atoms with van der Waals surface area (Å²) in [5.41, 5.74) is 1.29. The van der Waals surface area contributed by atoms with Gasteiger partial charge in [-0.3, -0.25) is 9.48 Å². The van der Waals surface area contributed by atoms with Gasteiger partial charge in [-0.25, -0.2) is 0 Å². The molecule has 0 saturated heterocycles. The number of rotatable bonds is 3. The van der Waals surface area contributed by atoms with Crippen LogP contribution in [0.1, 0.15) is 18.5 Å². The first-order chi connectivity index (χ1) is 9.72. The zero-order chi connectivity index (χ0) is 14.4. The number of amides is 1. The van der Waals surface area contributed by atoms with Crippen LogP contribution in [0, 0.1) is 11.8 Å². The molecule has 5 heteroatoms. The second kappa shape index (κ2) is 6.55. The number of nitrogens with one attached hydrogen (secondary N) is 1. The van der Waals surface area contributed by atoms with Crippen molar-refractivity contribution in [1.29, 1.82) is 0 Å². The third kappa shape index (κ3) is 3.25. The Morgan fingerprint density at radius 1 is 1.45 bits per heavy atom. The highest BCUT2D eigenvalue weighted by atomic mass is 16.2. The van der Waals surface area contributed by atoms with Gasteiger partial charge in [0, 0.05) is 18.0 Å². The molecule has 0 saturated carbocycles. The SMILES string of the molecule is CC(C(=O)Nc1ccccc1C#CCO)n1cccn1. The van der Waals surface area contributed by atoms with E-state index in [0.717, 1.165) is 0 Å². The number of aliphatic hydroxyl groups is 1. The van der Waals surface area contributed by atoms with Crippen LogP contribution in [0.15, 0.2) is 42.7 Å². The van der Waals surface area contributed by atoms with Crippen LogP contribution in [0.3, 0.4) is 0 Å². The number of hydrogen-bond donors (Lipinski definition) is 2. The molecule has 0 aliphatic carbocycles. The number of aromatic nitrogens is 2. The molecule has 2 rings (SSSR count). The minimum Gasteiger partial charge on any atom is -0.384 e. The molecule has 102 valence electrons. The summed E-state index contributed by atoms with van der Waals surface area (Å²) in [6.07, 6.45) is 3.37. The molecule has 1 amide bonds. The molecule has 0 spiro atoms. The van der Waals surface area contributed by atoms with E-state index >= 15 is 0 Å². The van der Waals surface area contributed by atoms with Gasteiger partial charge in [0.15, 0.2) is 0 Å². The summed E-state index contributed by atoms with van der Waals surface area (Å²) in [6, 6.07) is 8.56. The van der Waals surface area contributed by atoms with Crippen molar-refractivity contribution in [3.63, 3.8) is 0 Å². The molecule has 20 heavy (non-hydrogen) atoms. The van der Waals surface area contributed by atoms with E-state index in [-0.39, 0.29) is 12.5 Å². The molecule has 2 N–H and O–H groups in total. The van der Waals surface area contributed by atoms with E-state index in [2.05, 4.69) is 22.3 Å². The maximum atomic E-state index is 12.2. The lowest BCUT2D eigenvalue weighted by Crippen LogP contribution is -2.24. The molecule has 5 nitrogen and oxygen atoms in total. The fourth-order valence-electron chi connectivity index (χ4n) is 1.70. The Labute approximate surface area is 117 Å². The van der Waals surface area contributed by atoms with Gasteiger partial charge in [0.25, 0.3) is 0 Å². The number of carbonyl (C=O) groups is 1. The lowest BCUT2D eigenvalue weighted by molar-refractivity contribution is -0.119. The zero-order valence-electron chi connectivity index (χ0n) is 11.1. The summed E-state index contributed by atoms with van der Waals surface area (Å²) in [7, 11) is 0. The second-order valence-electron chi connectivity index (χ2n) is 4.16. The van der Waals surface area contributed by atoms with Gasteiger partial charge in [-0.2, -0.15) is 5.10 Å². The van der Waals surface area contributed by atoms with Crippen LogP contribution in [0.5, 0.6) is 0 Å². The van der Waals surface area contributed by atoms with Gasteiger partial charge in [-0.05, 0) is 25.1 Å². The van der Waals surface area contributed by atoms with Gasteiger partial charge in [-0.15, -0.1) is 0 Å². The predicted octanol–water partition coefficient (Wildman–Crippen LogP) is 1.43.